The van der Waals surface area contributed by atoms with Gasteiger partial charge in [0.25, 0.3) is 5.56 Å². The predicted octanol–water partition coefficient (Wildman–Crippen LogP) is 3.67. The van der Waals surface area contributed by atoms with Crippen LogP contribution < -0.4 is 10.9 Å². The molecule has 1 unspecified atom stereocenters. The molecule has 154 valence electrons. The third-order valence-electron chi connectivity index (χ3n) is 5.32. The van der Waals surface area contributed by atoms with Gasteiger partial charge in [0.05, 0.1) is 17.5 Å². The quantitative estimate of drug-likeness (QED) is 0.573. The normalized spacial score (nSPS) is 13.9. The third-order valence-corrected chi connectivity index (χ3v) is 5.78. The van der Waals surface area contributed by atoms with Gasteiger partial charge in [0.2, 0.25) is 5.91 Å². The molecule has 1 aromatic heterocycles. The lowest BCUT2D eigenvalue weighted by Crippen LogP contribution is -2.33. The van der Waals surface area contributed by atoms with Gasteiger partial charge in [0, 0.05) is 22.0 Å². The lowest BCUT2D eigenvalue weighted by atomic mass is 9.98. The van der Waals surface area contributed by atoms with Gasteiger partial charge in [0.15, 0.2) is 6.04 Å². The highest BCUT2D eigenvalue weighted by atomic mass is 79.9. The number of carboxylic acids is 1. The summed E-state index contributed by atoms with van der Waals surface area (Å²) in [6, 6.07) is 9.87. The van der Waals surface area contributed by atoms with Crippen molar-refractivity contribution in [2.24, 2.45) is 0 Å². The Kier molecular flexibility index (Phi) is 5.42. The highest BCUT2D eigenvalue weighted by Crippen LogP contribution is 2.32. The number of hydrogen-bond acceptors (Lipinski definition) is 4. The van der Waals surface area contributed by atoms with Crippen molar-refractivity contribution in [3.05, 3.63) is 68.0 Å². The predicted molar refractivity (Wildman–Crippen MR) is 117 cm³/mol. The van der Waals surface area contributed by atoms with Crippen LogP contribution in [0.4, 0.5) is 5.69 Å². The van der Waals surface area contributed by atoms with Crippen molar-refractivity contribution in [3.8, 4) is 0 Å². The van der Waals surface area contributed by atoms with E-state index in [1.165, 1.54) is 0 Å². The molecule has 1 aliphatic heterocycles. The Balaban J connectivity index is 1.90. The Hall–Kier alpha value is -3.00. The van der Waals surface area contributed by atoms with Gasteiger partial charge >= 0.3 is 5.97 Å². The van der Waals surface area contributed by atoms with Crippen molar-refractivity contribution in [3.63, 3.8) is 0 Å². The molecule has 0 bridgehead atoms. The van der Waals surface area contributed by atoms with Crippen LogP contribution in [0.2, 0.25) is 0 Å². The zero-order valence-corrected chi connectivity index (χ0v) is 17.9. The lowest BCUT2D eigenvalue weighted by Gasteiger charge is -2.17. The molecule has 1 atom stereocenters. The highest BCUT2D eigenvalue weighted by Gasteiger charge is 2.25. The minimum absolute atomic E-state index is 0.0685. The van der Waals surface area contributed by atoms with Crippen molar-refractivity contribution < 1.29 is 14.7 Å². The van der Waals surface area contributed by atoms with E-state index in [0.717, 1.165) is 26.0 Å². The number of aromatic nitrogens is 2. The molecule has 30 heavy (non-hydrogen) atoms. The van der Waals surface area contributed by atoms with Crippen LogP contribution in [0, 0.1) is 0 Å². The summed E-state index contributed by atoms with van der Waals surface area (Å²) in [4.78, 5) is 36.8. The summed E-state index contributed by atoms with van der Waals surface area (Å²) in [5, 5.41) is 18.2. The van der Waals surface area contributed by atoms with Crippen LogP contribution in [0.1, 0.15) is 42.6 Å². The number of benzene rings is 2. The molecule has 7 nitrogen and oxygen atoms in total. The van der Waals surface area contributed by atoms with Crippen molar-refractivity contribution in [2.75, 3.05) is 5.32 Å². The molecule has 8 heteroatoms. The number of aliphatic carboxylic acids is 1. The number of halogens is 1. The van der Waals surface area contributed by atoms with E-state index in [1.54, 1.807) is 12.1 Å². The van der Waals surface area contributed by atoms with Crippen molar-refractivity contribution in [1.82, 2.24) is 9.78 Å². The monoisotopic (exact) mass is 469 g/mol. The molecule has 1 amide bonds. The fraction of sp³-hybridized carbons (Fsp3) is 0.273. The second-order valence-electron chi connectivity index (χ2n) is 7.38. The van der Waals surface area contributed by atoms with E-state index in [0.29, 0.717) is 35.7 Å². The summed E-state index contributed by atoms with van der Waals surface area (Å²) in [6.45, 7) is 1.87. The number of rotatable bonds is 6. The van der Waals surface area contributed by atoms with Crippen molar-refractivity contribution in [2.45, 2.75) is 38.6 Å². The zero-order chi connectivity index (χ0) is 21.4. The number of hydrogen-bond donors (Lipinski definition) is 2. The van der Waals surface area contributed by atoms with Crippen LogP contribution in [0.5, 0.6) is 0 Å². The van der Waals surface area contributed by atoms with Gasteiger partial charge in [-0.3, -0.25) is 9.59 Å². The van der Waals surface area contributed by atoms with Gasteiger partial charge in [-0.15, -0.1) is 0 Å². The Labute approximate surface area is 180 Å². The van der Waals surface area contributed by atoms with Crippen molar-refractivity contribution in [1.29, 1.82) is 0 Å². The van der Waals surface area contributed by atoms with Gasteiger partial charge in [-0.2, -0.15) is 5.10 Å². The fourth-order valence-electron chi connectivity index (χ4n) is 3.95. The second-order valence-corrected chi connectivity index (χ2v) is 8.29. The van der Waals surface area contributed by atoms with Crippen LogP contribution >= 0.6 is 15.9 Å². The number of nitrogens with zero attached hydrogens (tertiary/aromatic N) is 2. The number of anilines is 1. The van der Waals surface area contributed by atoms with Crippen LogP contribution in [-0.4, -0.2) is 26.8 Å². The van der Waals surface area contributed by atoms with Gasteiger partial charge in [-0.25, -0.2) is 9.48 Å². The number of amides is 1. The maximum atomic E-state index is 13.0. The molecule has 0 saturated carbocycles. The van der Waals surface area contributed by atoms with Gasteiger partial charge in [0.1, 0.15) is 0 Å². The third kappa shape index (κ3) is 3.63. The number of carbonyl (C=O) groups excluding carboxylic acids is 1. The average Bonchev–Trinajstić information content (AvgIpc) is 3.08. The molecule has 0 radical (unpaired) electrons. The van der Waals surface area contributed by atoms with E-state index >= 15 is 0 Å². The number of carboxylic acid groups (broad SMARTS) is 1. The second kappa shape index (κ2) is 8.02. The first-order chi connectivity index (χ1) is 14.4. The minimum Gasteiger partial charge on any atom is -0.480 e. The molecular formula is C22H20BrN3O4. The van der Waals surface area contributed by atoms with Crippen LogP contribution in [0.15, 0.2) is 45.7 Å². The summed E-state index contributed by atoms with van der Waals surface area (Å²) in [7, 11) is 0. The first-order valence-corrected chi connectivity index (χ1v) is 10.5. The van der Waals surface area contributed by atoms with E-state index in [2.05, 4.69) is 26.3 Å². The lowest BCUT2D eigenvalue weighted by molar-refractivity contribution is -0.141. The maximum absolute atomic E-state index is 13.0. The van der Waals surface area contributed by atoms with Crippen molar-refractivity contribution >= 4 is 44.3 Å². The van der Waals surface area contributed by atoms with Gasteiger partial charge in [-0.05, 0) is 35.7 Å². The highest BCUT2D eigenvalue weighted by molar-refractivity contribution is 9.10. The zero-order valence-electron chi connectivity index (χ0n) is 16.3. The Morgan fingerprint density at radius 1 is 1.27 bits per heavy atom. The van der Waals surface area contributed by atoms with Crippen LogP contribution in [-0.2, 0) is 22.4 Å². The first-order valence-electron chi connectivity index (χ1n) is 9.73. The molecule has 2 heterocycles. The maximum Gasteiger partial charge on any atom is 0.328 e. The Morgan fingerprint density at radius 3 is 2.70 bits per heavy atom. The topological polar surface area (TPSA) is 101 Å². The molecule has 2 aromatic carbocycles. The fourth-order valence-corrected chi connectivity index (χ4v) is 4.45. The summed E-state index contributed by atoms with van der Waals surface area (Å²) in [5.41, 5.74) is 2.76. The van der Waals surface area contributed by atoms with Crippen LogP contribution in [0.3, 0.4) is 0 Å². The first kappa shape index (κ1) is 20.3. The van der Waals surface area contributed by atoms with E-state index in [-0.39, 0.29) is 12.3 Å². The van der Waals surface area contributed by atoms with E-state index in [4.69, 9.17) is 0 Å². The number of nitrogens with one attached hydrogen (secondary N) is 1. The molecule has 4 rings (SSSR count). The number of fused-ring (bicyclic) bond motifs is 2. The largest absolute Gasteiger partial charge is 0.480 e. The summed E-state index contributed by atoms with van der Waals surface area (Å²) in [6.07, 6.45) is 1.57. The smallest absolute Gasteiger partial charge is 0.328 e. The molecule has 2 N–H and O–H groups in total. The van der Waals surface area contributed by atoms with Gasteiger partial charge in [-0.1, -0.05) is 47.5 Å². The molecule has 0 saturated heterocycles. The molecule has 0 fully saturated rings. The SMILES string of the molecule is CCCC(C(=O)O)n1nc(Cc2cc(Br)cc3c2CC(=O)N3)c2ccccc2c1=O. The average molecular weight is 470 g/mol. The summed E-state index contributed by atoms with van der Waals surface area (Å²) >= 11 is 3.48. The minimum atomic E-state index is -1.08. The van der Waals surface area contributed by atoms with E-state index in [1.807, 2.05) is 31.2 Å². The summed E-state index contributed by atoms with van der Waals surface area (Å²) in [5.74, 6) is -1.15. The molecule has 0 spiro atoms. The molecule has 3 aromatic rings. The van der Waals surface area contributed by atoms with Gasteiger partial charge < -0.3 is 10.4 Å². The number of carbonyl (C=O) groups is 2. The van der Waals surface area contributed by atoms with Crippen LogP contribution in [0.25, 0.3) is 10.8 Å². The standard InChI is InChI=1S/C22H20BrN3O4/c1-2-5-19(22(29)30)26-21(28)15-7-4-3-6-14(15)18(25-26)9-12-8-13(23)10-17-16(12)11-20(27)24-17/h3-4,6-8,10,19H,2,5,9,11H2,1H3,(H,24,27)(H,29,30). The summed E-state index contributed by atoms with van der Waals surface area (Å²) < 4.78 is 1.93. The molecular weight excluding hydrogens is 450 g/mol. The van der Waals surface area contributed by atoms with E-state index in [9.17, 15) is 19.5 Å². The Bertz CT molecular complexity index is 1240. The van der Waals surface area contributed by atoms with E-state index < -0.39 is 17.6 Å². The molecule has 0 aliphatic carbocycles. The molecule has 1 aliphatic rings. The Morgan fingerprint density at radius 2 is 2.00 bits per heavy atom.